The molecule has 0 unspecified atom stereocenters. The Morgan fingerprint density at radius 3 is 0.875 bits per heavy atom. The third kappa shape index (κ3) is 20.7. The lowest BCUT2D eigenvalue weighted by molar-refractivity contribution is -0.178. The molecular weight excluding hydrogens is 580 g/mol. The van der Waals surface area contributed by atoms with Gasteiger partial charge in [-0.1, -0.05) is 27.7 Å². The summed E-state index contributed by atoms with van der Waals surface area (Å²) in [5.41, 5.74) is 0. The maximum absolute atomic E-state index is 12.3. The second-order valence-electron chi connectivity index (χ2n) is 9.56. The quantitative estimate of drug-likeness (QED) is 0.147. The highest BCUT2D eigenvalue weighted by molar-refractivity contribution is 6.01. The van der Waals surface area contributed by atoms with Crippen molar-refractivity contribution in [2.45, 2.75) is 104 Å². The summed E-state index contributed by atoms with van der Waals surface area (Å²) >= 11 is 0. The standard InChI is InChI=1S/C13H18F6O2.C11H14F6O2/c1-3-8(4-2)10(20)5-11(21)9(6-12(14,15)16)7-13(17,18)19;1-6(2)8(18)3-9(19)7(4-10(12,13)14)5-11(15,16)17/h8-9H,3-7H2,1-2H3;6-7H,3-5H2,1-2H3. The van der Waals surface area contributed by atoms with Crippen LogP contribution in [0.3, 0.4) is 0 Å². The number of ketones is 4. The number of halogens is 12. The summed E-state index contributed by atoms with van der Waals surface area (Å²) in [4.78, 5) is 45.9. The molecule has 0 atom stereocenters. The Morgan fingerprint density at radius 1 is 0.450 bits per heavy atom. The van der Waals surface area contributed by atoms with Crippen LogP contribution in [0.25, 0.3) is 0 Å². The topological polar surface area (TPSA) is 68.3 Å². The van der Waals surface area contributed by atoms with Gasteiger partial charge in [0, 0.05) is 23.7 Å². The highest BCUT2D eigenvalue weighted by atomic mass is 19.4. The largest absolute Gasteiger partial charge is 0.389 e. The van der Waals surface area contributed by atoms with Crippen LogP contribution in [0.1, 0.15) is 79.1 Å². The molecule has 0 fully saturated rings. The number of hydrogen-bond acceptors (Lipinski definition) is 4. The molecule has 4 nitrogen and oxygen atoms in total. The van der Waals surface area contributed by atoms with Crippen LogP contribution >= 0.6 is 0 Å². The molecule has 0 spiro atoms. The molecule has 0 bridgehead atoms. The van der Waals surface area contributed by atoms with Gasteiger partial charge in [0.05, 0.1) is 38.5 Å². The van der Waals surface area contributed by atoms with E-state index in [9.17, 15) is 71.9 Å². The molecule has 0 aromatic heterocycles. The van der Waals surface area contributed by atoms with Gasteiger partial charge in [-0.3, -0.25) is 19.2 Å². The molecule has 0 aromatic rings. The lowest BCUT2D eigenvalue weighted by Crippen LogP contribution is -2.30. The predicted octanol–water partition coefficient (Wildman–Crippen LogP) is 8.16. The molecule has 0 aliphatic rings. The zero-order valence-corrected chi connectivity index (χ0v) is 22.1. The lowest BCUT2D eigenvalue weighted by Gasteiger charge is -2.20. The Morgan fingerprint density at radius 2 is 0.675 bits per heavy atom. The number of rotatable bonds is 14. The van der Waals surface area contributed by atoms with E-state index in [0.29, 0.717) is 12.8 Å². The monoisotopic (exact) mass is 612 g/mol. The van der Waals surface area contributed by atoms with E-state index >= 15 is 0 Å². The van der Waals surface area contributed by atoms with E-state index in [0.717, 1.165) is 0 Å². The number of Topliss-reactive ketones (excluding diaryl/α,β-unsaturated/α-hetero) is 4. The van der Waals surface area contributed by atoms with Crippen LogP contribution in [0, 0.1) is 23.7 Å². The molecule has 0 saturated carbocycles. The van der Waals surface area contributed by atoms with Crippen LogP contribution < -0.4 is 0 Å². The maximum atomic E-state index is 12.3. The first-order chi connectivity index (χ1) is 17.7. The second kappa shape index (κ2) is 16.3. The highest BCUT2D eigenvalue weighted by Crippen LogP contribution is 2.35. The van der Waals surface area contributed by atoms with E-state index in [1.54, 1.807) is 13.8 Å². The zero-order valence-electron chi connectivity index (χ0n) is 22.1. The summed E-state index contributed by atoms with van der Waals surface area (Å²) in [6.45, 7) is 6.16. The van der Waals surface area contributed by atoms with E-state index in [1.165, 1.54) is 13.8 Å². The van der Waals surface area contributed by atoms with Crippen molar-refractivity contribution in [1.82, 2.24) is 0 Å². The van der Waals surface area contributed by atoms with Crippen LogP contribution in [-0.2, 0) is 19.2 Å². The number of alkyl halides is 12. The summed E-state index contributed by atoms with van der Waals surface area (Å²) < 4.78 is 146. The average Bonchev–Trinajstić information content (AvgIpc) is 2.69. The number of carbonyl (C=O) groups excluding carboxylic acids is 4. The summed E-state index contributed by atoms with van der Waals surface area (Å²) in [6, 6.07) is 0. The van der Waals surface area contributed by atoms with Crippen molar-refractivity contribution in [2.75, 3.05) is 0 Å². The van der Waals surface area contributed by atoms with Crippen molar-refractivity contribution in [2.24, 2.45) is 23.7 Å². The van der Waals surface area contributed by atoms with Crippen LogP contribution in [0.2, 0.25) is 0 Å². The molecule has 0 aromatic carbocycles. The molecule has 236 valence electrons. The first-order valence-electron chi connectivity index (χ1n) is 12.1. The van der Waals surface area contributed by atoms with Crippen molar-refractivity contribution < 1.29 is 71.9 Å². The van der Waals surface area contributed by atoms with Gasteiger partial charge in [0.25, 0.3) is 0 Å². The first kappa shape index (κ1) is 40.0. The van der Waals surface area contributed by atoms with Gasteiger partial charge in [0.2, 0.25) is 0 Å². The fourth-order valence-electron chi connectivity index (χ4n) is 3.44. The third-order valence-electron chi connectivity index (χ3n) is 5.60. The summed E-state index contributed by atoms with van der Waals surface area (Å²) in [7, 11) is 0. The van der Waals surface area contributed by atoms with Crippen LogP contribution in [-0.4, -0.2) is 47.8 Å². The van der Waals surface area contributed by atoms with Gasteiger partial charge in [-0.2, -0.15) is 52.7 Å². The van der Waals surface area contributed by atoms with E-state index < -0.39 is 110 Å². The van der Waals surface area contributed by atoms with Gasteiger partial charge in [-0.25, -0.2) is 0 Å². The second-order valence-corrected chi connectivity index (χ2v) is 9.56. The highest BCUT2D eigenvalue weighted by Gasteiger charge is 2.43. The minimum absolute atomic E-state index is 0.395. The van der Waals surface area contributed by atoms with Gasteiger partial charge in [-0.05, 0) is 12.8 Å². The molecule has 0 aliphatic heterocycles. The van der Waals surface area contributed by atoms with Gasteiger partial charge in [0.1, 0.15) is 23.1 Å². The minimum Gasteiger partial charge on any atom is -0.299 e. The Kier molecular flexibility index (Phi) is 16.3. The molecule has 0 saturated heterocycles. The SMILES string of the molecule is CC(C)C(=O)CC(=O)C(CC(F)(F)F)CC(F)(F)F.CCC(CC)C(=O)CC(=O)C(CC(F)(F)F)CC(F)(F)F. The molecule has 0 radical (unpaired) electrons. The van der Waals surface area contributed by atoms with E-state index in [1.807, 2.05) is 0 Å². The molecular formula is C24H32F12O4. The molecule has 0 heterocycles. The van der Waals surface area contributed by atoms with Gasteiger partial charge in [-0.15, -0.1) is 0 Å². The summed E-state index contributed by atoms with van der Waals surface area (Å²) in [5.74, 6) is -9.48. The van der Waals surface area contributed by atoms with Crippen molar-refractivity contribution in [3.05, 3.63) is 0 Å². The zero-order chi connectivity index (χ0) is 32.3. The van der Waals surface area contributed by atoms with Crippen LogP contribution in [0.15, 0.2) is 0 Å². The Labute approximate surface area is 223 Å². The molecule has 0 rings (SSSR count). The molecule has 40 heavy (non-hydrogen) atoms. The average molecular weight is 612 g/mol. The predicted molar refractivity (Wildman–Crippen MR) is 118 cm³/mol. The Hall–Kier alpha value is -2.16. The Balaban J connectivity index is 0. The fraction of sp³-hybridized carbons (Fsp3) is 0.833. The fourth-order valence-corrected chi connectivity index (χ4v) is 3.44. The lowest BCUT2D eigenvalue weighted by atomic mass is 9.88. The number of hydrogen-bond donors (Lipinski definition) is 0. The minimum atomic E-state index is -4.89. The van der Waals surface area contributed by atoms with E-state index in [-0.39, 0.29) is 0 Å². The Bertz CT molecular complexity index is 788. The molecule has 0 amide bonds. The van der Waals surface area contributed by atoms with Crippen molar-refractivity contribution in [1.29, 1.82) is 0 Å². The smallest absolute Gasteiger partial charge is 0.299 e. The first-order valence-corrected chi connectivity index (χ1v) is 12.1. The van der Waals surface area contributed by atoms with Gasteiger partial charge in [0.15, 0.2) is 0 Å². The van der Waals surface area contributed by atoms with Gasteiger partial charge < -0.3 is 0 Å². The third-order valence-corrected chi connectivity index (χ3v) is 5.60. The summed E-state index contributed by atoms with van der Waals surface area (Å²) in [5, 5.41) is 0. The molecule has 0 aliphatic carbocycles. The van der Waals surface area contributed by atoms with Crippen molar-refractivity contribution >= 4 is 23.1 Å². The summed E-state index contributed by atoms with van der Waals surface area (Å²) in [6.07, 6.45) is -28.0. The van der Waals surface area contributed by atoms with E-state index in [2.05, 4.69) is 0 Å². The van der Waals surface area contributed by atoms with Crippen LogP contribution in [0.5, 0.6) is 0 Å². The number of carbonyl (C=O) groups is 4. The normalized spacial score (nSPS) is 13.1. The van der Waals surface area contributed by atoms with Gasteiger partial charge >= 0.3 is 24.7 Å². The molecule has 0 N–H and O–H groups in total. The van der Waals surface area contributed by atoms with Crippen LogP contribution in [0.4, 0.5) is 52.7 Å². The van der Waals surface area contributed by atoms with Crippen molar-refractivity contribution in [3.8, 4) is 0 Å². The van der Waals surface area contributed by atoms with E-state index in [4.69, 9.17) is 0 Å². The maximum Gasteiger partial charge on any atom is 0.389 e. The molecule has 16 heteroatoms. The van der Waals surface area contributed by atoms with Crippen molar-refractivity contribution in [3.63, 3.8) is 0 Å².